The summed E-state index contributed by atoms with van der Waals surface area (Å²) in [5, 5.41) is 0. The fourth-order valence-corrected chi connectivity index (χ4v) is 4.69. The molecule has 0 saturated heterocycles. The maximum Gasteiger partial charge on any atom is -0.0327 e. The number of hydrogen-bond acceptors (Lipinski definition) is 0. The van der Waals surface area contributed by atoms with Gasteiger partial charge in [-0.15, -0.1) is 0 Å². The van der Waals surface area contributed by atoms with Gasteiger partial charge in [-0.05, 0) is 48.9 Å². The van der Waals surface area contributed by atoms with E-state index in [0.717, 1.165) is 29.6 Å². The molecule has 15 heavy (non-hydrogen) atoms. The second-order valence-corrected chi connectivity index (χ2v) is 6.09. The lowest BCUT2D eigenvalue weighted by Gasteiger charge is -2.41. The van der Waals surface area contributed by atoms with Crippen LogP contribution in [0.2, 0.25) is 0 Å². The van der Waals surface area contributed by atoms with Crippen LogP contribution in [0.1, 0.15) is 65.7 Å². The van der Waals surface area contributed by atoms with Crippen LogP contribution in [-0.4, -0.2) is 0 Å². The molecule has 2 aliphatic carbocycles. The van der Waals surface area contributed by atoms with E-state index in [1.807, 2.05) is 0 Å². The van der Waals surface area contributed by atoms with Gasteiger partial charge in [-0.2, -0.15) is 0 Å². The molecule has 0 heterocycles. The molecule has 0 aliphatic heterocycles. The average Bonchev–Trinajstić information content (AvgIpc) is 2.63. The first-order valence-electron chi connectivity index (χ1n) is 7.27. The topological polar surface area (TPSA) is 0 Å². The van der Waals surface area contributed by atoms with E-state index in [0.29, 0.717) is 0 Å². The highest BCUT2D eigenvalue weighted by atomic mass is 14.5. The zero-order valence-corrected chi connectivity index (χ0v) is 10.8. The molecule has 0 aromatic rings. The summed E-state index contributed by atoms with van der Waals surface area (Å²) in [6.07, 6.45) is 10.5. The molecule has 0 nitrogen and oxygen atoms in total. The Morgan fingerprint density at radius 1 is 1.00 bits per heavy atom. The molecule has 2 rings (SSSR count). The SMILES string of the molecule is CCCC1CCC2CCC(C)C(CC)C12. The molecule has 0 bridgehead atoms. The van der Waals surface area contributed by atoms with E-state index in [-0.39, 0.29) is 0 Å². The van der Waals surface area contributed by atoms with Gasteiger partial charge in [-0.1, -0.05) is 46.5 Å². The van der Waals surface area contributed by atoms with Gasteiger partial charge in [0.15, 0.2) is 0 Å². The van der Waals surface area contributed by atoms with Crippen LogP contribution in [0.15, 0.2) is 0 Å². The van der Waals surface area contributed by atoms with Crippen molar-refractivity contribution >= 4 is 0 Å². The van der Waals surface area contributed by atoms with E-state index in [9.17, 15) is 0 Å². The molecule has 0 N–H and O–H groups in total. The van der Waals surface area contributed by atoms with Crippen molar-refractivity contribution in [1.29, 1.82) is 0 Å². The molecule has 0 heteroatoms. The molecule has 0 spiro atoms. The Kier molecular flexibility index (Phi) is 3.74. The minimum absolute atomic E-state index is 1.01. The Bertz CT molecular complexity index is 196. The van der Waals surface area contributed by atoms with Gasteiger partial charge in [0.05, 0.1) is 0 Å². The first-order valence-corrected chi connectivity index (χ1v) is 7.27. The Balaban J connectivity index is 2.08. The van der Waals surface area contributed by atoms with Crippen LogP contribution in [0.5, 0.6) is 0 Å². The van der Waals surface area contributed by atoms with E-state index in [2.05, 4.69) is 20.8 Å². The van der Waals surface area contributed by atoms with Crippen molar-refractivity contribution < 1.29 is 0 Å². The smallest absolute Gasteiger partial charge is 0.0327 e. The molecule has 0 radical (unpaired) electrons. The summed E-state index contributed by atoms with van der Waals surface area (Å²) in [5.41, 5.74) is 0. The van der Waals surface area contributed by atoms with E-state index >= 15 is 0 Å². The fraction of sp³-hybridized carbons (Fsp3) is 1.00. The van der Waals surface area contributed by atoms with Gasteiger partial charge >= 0.3 is 0 Å². The highest BCUT2D eigenvalue weighted by molar-refractivity contribution is 4.93. The molecule has 0 aromatic carbocycles. The molecule has 5 atom stereocenters. The van der Waals surface area contributed by atoms with Crippen LogP contribution < -0.4 is 0 Å². The van der Waals surface area contributed by atoms with Crippen LogP contribution in [0.25, 0.3) is 0 Å². The third-order valence-corrected chi connectivity index (χ3v) is 5.35. The summed E-state index contributed by atoms with van der Waals surface area (Å²) in [5.74, 6) is 5.38. The van der Waals surface area contributed by atoms with Crippen molar-refractivity contribution in [2.24, 2.45) is 29.6 Å². The van der Waals surface area contributed by atoms with Gasteiger partial charge in [0, 0.05) is 0 Å². The monoisotopic (exact) mass is 208 g/mol. The van der Waals surface area contributed by atoms with Crippen molar-refractivity contribution in [2.45, 2.75) is 65.7 Å². The lowest BCUT2D eigenvalue weighted by Crippen LogP contribution is -2.33. The molecule has 2 fully saturated rings. The first-order chi connectivity index (χ1) is 7.27. The van der Waals surface area contributed by atoms with Gasteiger partial charge in [-0.3, -0.25) is 0 Å². The molecule has 2 aliphatic rings. The predicted molar refractivity (Wildman–Crippen MR) is 66.8 cm³/mol. The maximum atomic E-state index is 2.51. The van der Waals surface area contributed by atoms with Gasteiger partial charge in [0.1, 0.15) is 0 Å². The highest BCUT2D eigenvalue weighted by Crippen LogP contribution is 2.52. The van der Waals surface area contributed by atoms with Crippen molar-refractivity contribution in [3.05, 3.63) is 0 Å². The van der Waals surface area contributed by atoms with E-state index < -0.39 is 0 Å². The maximum absolute atomic E-state index is 2.51. The summed E-state index contributed by atoms with van der Waals surface area (Å²) in [6, 6.07) is 0. The molecule has 5 unspecified atom stereocenters. The highest BCUT2D eigenvalue weighted by Gasteiger charge is 2.43. The average molecular weight is 208 g/mol. The van der Waals surface area contributed by atoms with Crippen molar-refractivity contribution in [2.75, 3.05) is 0 Å². The van der Waals surface area contributed by atoms with Crippen LogP contribution in [-0.2, 0) is 0 Å². The fourth-order valence-electron chi connectivity index (χ4n) is 4.69. The zero-order valence-electron chi connectivity index (χ0n) is 10.8. The lowest BCUT2D eigenvalue weighted by molar-refractivity contribution is 0.0838. The number of rotatable bonds is 3. The molecular weight excluding hydrogens is 180 g/mol. The molecule has 88 valence electrons. The summed E-state index contributed by atoms with van der Waals surface area (Å²) in [6.45, 7) is 7.29. The van der Waals surface area contributed by atoms with Crippen LogP contribution in [0.4, 0.5) is 0 Å². The first kappa shape index (κ1) is 11.5. The second-order valence-electron chi connectivity index (χ2n) is 6.09. The summed E-state index contributed by atoms with van der Waals surface area (Å²) in [4.78, 5) is 0. The normalized spacial score (nSPS) is 45.4. The Morgan fingerprint density at radius 2 is 1.73 bits per heavy atom. The summed E-state index contributed by atoms with van der Waals surface area (Å²) >= 11 is 0. The van der Waals surface area contributed by atoms with Gasteiger partial charge in [0.2, 0.25) is 0 Å². The predicted octanol–water partition coefficient (Wildman–Crippen LogP) is 4.89. The quantitative estimate of drug-likeness (QED) is 0.620. The van der Waals surface area contributed by atoms with Crippen LogP contribution in [0, 0.1) is 29.6 Å². The third kappa shape index (κ3) is 2.10. The molecular formula is C15H28. The van der Waals surface area contributed by atoms with Crippen molar-refractivity contribution in [3.63, 3.8) is 0 Å². The van der Waals surface area contributed by atoms with Gasteiger partial charge in [-0.25, -0.2) is 0 Å². The molecule has 0 amide bonds. The standard InChI is InChI=1S/C15H28/c1-4-6-12-9-10-13-8-7-11(3)14(5-2)15(12)13/h11-15H,4-10H2,1-3H3. The third-order valence-electron chi connectivity index (χ3n) is 5.35. The van der Waals surface area contributed by atoms with E-state index in [1.54, 1.807) is 19.3 Å². The second kappa shape index (κ2) is 4.89. The van der Waals surface area contributed by atoms with Crippen LogP contribution >= 0.6 is 0 Å². The van der Waals surface area contributed by atoms with E-state index in [1.165, 1.54) is 25.7 Å². The Labute approximate surface area is 95.8 Å². The molecule has 2 saturated carbocycles. The minimum Gasteiger partial charge on any atom is -0.0654 e. The lowest BCUT2D eigenvalue weighted by atomic mass is 9.64. The summed E-state index contributed by atoms with van der Waals surface area (Å²) < 4.78 is 0. The van der Waals surface area contributed by atoms with Crippen LogP contribution in [0.3, 0.4) is 0 Å². The molecule has 0 aromatic heterocycles. The van der Waals surface area contributed by atoms with Crippen molar-refractivity contribution in [1.82, 2.24) is 0 Å². The Hall–Kier alpha value is 0. The van der Waals surface area contributed by atoms with Crippen molar-refractivity contribution in [3.8, 4) is 0 Å². The largest absolute Gasteiger partial charge is 0.0654 e. The number of fused-ring (bicyclic) bond motifs is 1. The number of hydrogen-bond donors (Lipinski definition) is 0. The van der Waals surface area contributed by atoms with Gasteiger partial charge in [0.25, 0.3) is 0 Å². The minimum atomic E-state index is 1.01. The van der Waals surface area contributed by atoms with Gasteiger partial charge < -0.3 is 0 Å². The summed E-state index contributed by atoms with van der Waals surface area (Å²) in [7, 11) is 0. The Morgan fingerprint density at radius 3 is 2.40 bits per heavy atom. The zero-order chi connectivity index (χ0) is 10.8. The van der Waals surface area contributed by atoms with E-state index in [4.69, 9.17) is 0 Å².